The molecule has 1 rings (SSSR count). The number of amides is 2. The van der Waals surface area contributed by atoms with Crippen molar-refractivity contribution in [1.82, 2.24) is 10.2 Å². The SMILES string of the molecule is C[C@H](N)C(=O)N[C@H]1CCCC[C@H]1N(C)C(=O)OC(C)(C)C. The molecule has 0 radical (unpaired) electrons. The number of hydrogen-bond acceptors (Lipinski definition) is 4. The highest BCUT2D eigenvalue weighted by Gasteiger charge is 2.34. The summed E-state index contributed by atoms with van der Waals surface area (Å²) < 4.78 is 5.40. The third-order valence-corrected chi connectivity index (χ3v) is 3.65. The van der Waals surface area contributed by atoms with Crippen LogP contribution in [-0.4, -0.2) is 47.7 Å². The molecule has 6 heteroatoms. The standard InChI is InChI=1S/C15H29N3O3/c1-10(16)13(19)17-11-8-6-7-9-12(11)18(5)14(20)21-15(2,3)4/h10-12H,6-9,16H2,1-5H3,(H,17,19)/t10-,11-,12+/m0/s1. The minimum Gasteiger partial charge on any atom is -0.444 e. The highest BCUT2D eigenvalue weighted by molar-refractivity contribution is 5.81. The van der Waals surface area contributed by atoms with Crippen LogP contribution >= 0.6 is 0 Å². The molecule has 1 fully saturated rings. The summed E-state index contributed by atoms with van der Waals surface area (Å²) in [5.74, 6) is -0.176. The number of nitrogens with two attached hydrogens (primary N) is 1. The molecule has 0 bridgehead atoms. The molecule has 0 aromatic heterocycles. The zero-order valence-corrected chi connectivity index (χ0v) is 13.8. The van der Waals surface area contributed by atoms with E-state index in [1.165, 1.54) is 0 Å². The van der Waals surface area contributed by atoms with Gasteiger partial charge < -0.3 is 20.7 Å². The third-order valence-electron chi connectivity index (χ3n) is 3.65. The smallest absolute Gasteiger partial charge is 0.410 e. The average Bonchev–Trinajstić information content (AvgIpc) is 2.36. The molecule has 0 aromatic carbocycles. The first-order valence-electron chi connectivity index (χ1n) is 7.63. The summed E-state index contributed by atoms with van der Waals surface area (Å²) in [6.45, 7) is 7.18. The van der Waals surface area contributed by atoms with E-state index >= 15 is 0 Å². The van der Waals surface area contributed by atoms with Crippen LogP contribution in [0.1, 0.15) is 53.4 Å². The molecule has 0 saturated heterocycles. The minimum absolute atomic E-state index is 0.0451. The molecule has 0 spiro atoms. The second-order valence-corrected chi connectivity index (χ2v) is 6.85. The molecule has 2 amide bonds. The van der Waals surface area contributed by atoms with Crippen LogP contribution < -0.4 is 11.1 Å². The zero-order chi connectivity index (χ0) is 16.2. The third kappa shape index (κ3) is 5.53. The van der Waals surface area contributed by atoms with Gasteiger partial charge in [0.2, 0.25) is 5.91 Å². The van der Waals surface area contributed by atoms with Crippen molar-refractivity contribution >= 4 is 12.0 Å². The number of ether oxygens (including phenoxy) is 1. The lowest BCUT2D eigenvalue weighted by Gasteiger charge is -2.39. The van der Waals surface area contributed by atoms with Crippen LogP contribution in [-0.2, 0) is 9.53 Å². The van der Waals surface area contributed by atoms with Crippen LogP contribution in [0.2, 0.25) is 0 Å². The minimum atomic E-state index is -0.542. The maximum absolute atomic E-state index is 12.2. The number of hydrogen-bond donors (Lipinski definition) is 2. The lowest BCUT2D eigenvalue weighted by molar-refractivity contribution is -0.123. The fourth-order valence-electron chi connectivity index (χ4n) is 2.53. The lowest BCUT2D eigenvalue weighted by atomic mass is 9.89. The van der Waals surface area contributed by atoms with E-state index in [9.17, 15) is 9.59 Å². The van der Waals surface area contributed by atoms with Gasteiger partial charge in [-0.2, -0.15) is 0 Å². The molecule has 122 valence electrons. The van der Waals surface area contributed by atoms with Gasteiger partial charge in [-0.3, -0.25) is 4.79 Å². The molecule has 21 heavy (non-hydrogen) atoms. The zero-order valence-electron chi connectivity index (χ0n) is 13.8. The van der Waals surface area contributed by atoms with Crippen molar-refractivity contribution in [3.05, 3.63) is 0 Å². The van der Waals surface area contributed by atoms with E-state index in [1.807, 2.05) is 20.8 Å². The van der Waals surface area contributed by atoms with E-state index in [0.29, 0.717) is 0 Å². The van der Waals surface area contributed by atoms with Crippen molar-refractivity contribution in [3.8, 4) is 0 Å². The molecule has 0 unspecified atom stereocenters. The van der Waals surface area contributed by atoms with Gasteiger partial charge in [0.25, 0.3) is 0 Å². The number of carbonyl (C=O) groups excluding carboxylic acids is 2. The molecule has 3 N–H and O–H groups in total. The topological polar surface area (TPSA) is 84.7 Å². The Kier molecular flexibility index (Phi) is 6.01. The van der Waals surface area contributed by atoms with Crippen molar-refractivity contribution in [2.24, 2.45) is 5.73 Å². The normalized spacial score (nSPS) is 24.1. The lowest BCUT2D eigenvalue weighted by Crippen LogP contribution is -2.56. The van der Waals surface area contributed by atoms with Gasteiger partial charge in [-0.1, -0.05) is 12.8 Å². The van der Waals surface area contributed by atoms with Gasteiger partial charge in [0.1, 0.15) is 5.60 Å². The van der Waals surface area contributed by atoms with Crippen LogP contribution in [0.25, 0.3) is 0 Å². The quantitative estimate of drug-likeness (QED) is 0.829. The van der Waals surface area contributed by atoms with Gasteiger partial charge in [0, 0.05) is 13.1 Å². The first kappa shape index (κ1) is 17.8. The van der Waals surface area contributed by atoms with E-state index in [-0.39, 0.29) is 24.1 Å². The Labute approximate surface area is 127 Å². The van der Waals surface area contributed by atoms with E-state index in [0.717, 1.165) is 25.7 Å². The number of rotatable bonds is 3. The van der Waals surface area contributed by atoms with Gasteiger partial charge in [-0.15, -0.1) is 0 Å². The fraction of sp³-hybridized carbons (Fsp3) is 0.867. The van der Waals surface area contributed by atoms with Gasteiger partial charge in [-0.25, -0.2) is 4.79 Å². The van der Waals surface area contributed by atoms with Crippen LogP contribution in [0, 0.1) is 0 Å². The Morgan fingerprint density at radius 2 is 1.86 bits per heavy atom. The van der Waals surface area contributed by atoms with Crippen molar-refractivity contribution in [3.63, 3.8) is 0 Å². The first-order valence-corrected chi connectivity index (χ1v) is 7.63. The summed E-state index contributed by atoms with van der Waals surface area (Å²) in [6.07, 6.45) is 3.45. The second kappa shape index (κ2) is 7.11. The number of carbonyl (C=O) groups is 2. The Bertz CT molecular complexity index is 377. The number of nitrogens with one attached hydrogen (secondary N) is 1. The van der Waals surface area contributed by atoms with E-state index in [1.54, 1.807) is 18.9 Å². The molecule has 1 aliphatic rings. The Morgan fingerprint density at radius 3 is 2.38 bits per heavy atom. The Balaban J connectivity index is 2.71. The summed E-state index contributed by atoms with van der Waals surface area (Å²) in [5.41, 5.74) is 5.08. The van der Waals surface area contributed by atoms with E-state index in [4.69, 9.17) is 10.5 Å². The Morgan fingerprint density at radius 1 is 1.29 bits per heavy atom. The van der Waals surface area contributed by atoms with Crippen LogP contribution in [0.4, 0.5) is 4.79 Å². The van der Waals surface area contributed by atoms with Crippen LogP contribution in [0.5, 0.6) is 0 Å². The molecule has 1 aliphatic carbocycles. The number of likely N-dealkylation sites (N-methyl/N-ethyl adjacent to an activating group) is 1. The molecule has 0 heterocycles. The van der Waals surface area contributed by atoms with E-state index < -0.39 is 11.6 Å². The molecule has 3 atom stereocenters. The summed E-state index contributed by atoms with van der Waals surface area (Å²) >= 11 is 0. The van der Waals surface area contributed by atoms with Gasteiger partial charge in [0.15, 0.2) is 0 Å². The summed E-state index contributed by atoms with van der Waals surface area (Å²) in [5, 5.41) is 2.95. The van der Waals surface area contributed by atoms with Crippen molar-refractivity contribution in [1.29, 1.82) is 0 Å². The number of nitrogens with zero attached hydrogens (tertiary/aromatic N) is 1. The maximum atomic E-state index is 12.2. The van der Waals surface area contributed by atoms with Crippen molar-refractivity contribution in [2.45, 2.75) is 77.1 Å². The summed E-state index contributed by atoms with van der Waals surface area (Å²) in [7, 11) is 1.73. The van der Waals surface area contributed by atoms with Gasteiger partial charge in [0.05, 0.1) is 12.1 Å². The molecular weight excluding hydrogens is 270 g/mol. The molecule has 1 saturated carbocycles. The highest BCUT2D eigenvalue weighted by atomic mass is 16.6. The maximum Gasteiger partial charge on any atom is 0.410 e. The summed E-state index contributed by atoms with van der Waals surface area (Å²) in [4.78, 5) is 25.6. The van der Waals surface area contributed by atoms with Crippen LogP contribution in [0.15, 0.2) is 0 Å². The predicted octanol–water partition coefficient (Wildman–Crippen LogP) is 1.63. The monoisotopic (exact) mass is 299 g/mol. The predicted molar refractivity (Wildman–Crippen MR) is 81.8 cm³/mol. The van der Waals surface area contributed by atoms with Crippen LogP contribution in [0.3, 0.4) is 0 Å². The first-order chi connectivity index (χ1) is 9.61. The van der Waals surface area contributed by atoms with Gasteiger partial charge in [-0.05, 0) is 40.5 Å². The largest absolute Gasteiger partial charge is 0.444 e. The second-order valence-electron chi connectivity index (χ2n) is 6.85. The highest BCUT2D eigenvalue weighted by Crippen LogP contribution is 2.24. The molecular formula is C15H29N3O3. The van der Waals surface area contributed by atoms with E-state index in [2.05, 4.69) is 5.32 Å². The van der Waals surface area contributed by atoms with Crippen molar-refractivity contribution in [2.75, 3.05) is 7.05 Å². The van der Waals surface area contributed by atoms with Crippen molar-refractivity contribution < 1.29 is 14.3 Å². The Hall–Kier alpha value is -1.30. The molecule has 6 nitrogen and oxygen atoms in total. The molecule has 0 aromatic rings. The summed E-state index contributed by atoms with van der Waals surface area (Å²) in [6, 6.07) is -0.648. The molecule has 0 aliphatic heterocycles. The fourth-order valence-corrected chi connectivity index (χ4v) is 2.53. The van der Waals surface area contributed by atoms with Gasteiger partial charge >= 0.3 is 6.09 Å². The average molecular weight is 299 g/mol.